The first-order valence-electron chi connectivity index (χ1n) is 12.4. The van der Waals surface area contributed by atoms with E-state index in [1.54, 1.807) is 4.57 Å². The smallest absolute Gasteiger partial charge is 0.257 e. The number of benzene rings is 2. The average molecular weight is 473 g/mol. The van der Waals surface area contributed by atoms with Gasteiger partial charge < -0.3 is 10.1 Å². The lowest BCUT2D eigenvalue weighted by Crippen LogP contribution is -2.41. The number of carbonyl (C=O) groups is 1. The zero-order valence-corrected chi connectivity index (χ0v) is 20.2. The van der Waals surface area contributed by atoms with Gasteiger partial charge in [0.2, 0.25) is 5.91 Å². The van der Waals surface area contributed by atoms with Gasteiger partial charge in [0.05, 0.1) is 11.8 Å². The molecule has 35 heavy (non-hydrogen) atoms. The summed E-state index contributed by atoms with van der Waals surface area (Å²) in [5, 5.41) is 2.94. The van der Waals surface area contributed by atoms with Crippen LogP contribution in [0.15, 0.2) is 59.4 Å². The molecule has 3 heterocycles. The molecule has 182 valence electrons. The van der Waals surface area contributed by atoms with Gasteiger partial charge in [-0.3, -0.25) is 19.1 Å². The molecule has 0 spiro atoms. The Bertz CT molecular complexity index is 1230. The topological polar surface area (TPSA) is 76.5 Å². The van der Waals surface area contributed by atoms with Crippen LogP contribution in [0.2, 0.25) is 0 Å². The van der Waals surface area contributed by atoms with Crippen LogP contribution in [0.5, 0.6) is 0 Å². The van der Waals surface area contributed by atoms with Crippen molar-refractivity contribution in [3.05, 3.63) is 87.3 Å². The summed E-state index contributed by atoms with van der Waals surface area (Å²) in [4.78, 5) is 33.7. The van der Waals surface area contributed by atoms with Crippen LogP contribution in [0.1, 0.15) is 35.2 Å². The monoisotopic (exact) mass is 472 g/mol. The predicted octanol–water partition coefficient (Wildman–Crippen LogP) is 3.07. The first kappa shape index (κ1) is 23.5. The molecule has 0 saturated carbocycles. The van der Waals surface area contributed by atoms with E-state index < -0.39 is 0 Å². The van der Waals surface area contributed by atoms with Crippen LogP contribution in [0.4, 0.5) is 0 Å². The van der Waals surface area contributed by atoms with Gasteiger partial charge in [0.15, 0.2) is 0 Å². The minimum Gasteiger partial charge on any atom is -0.376 e. The summed E-state index contributed by atoms with van der Waals surface area (Å²) in [6, 6.07) is 18.3. The lowest BCUT2D eigenvalue weighted by Gasteiger charge is -2.29. The number of rotatable bonds is 7. The van der Waals surface area contributed by atoms with Crippen molar-refractivity contribution in [3.8, 4) is 11.4 Å². The van der Waals surface area contributed by atoms with Crippen LogP contribution in [-0.4, -0.2) is 46.2 Å². The Balaban J connectivity index is 1.42. The maximum absolute atomic E-state index is 13.6. The van der Waals surface area contributed by atoms with E-state index in [4.69, 9.17) is 9.72 Å². The molecule has 2 aliphatic heterocycles. The molecular weight excluding hydrogens is 440 g/mol. The number of nitrogens with zero attached hydrogens (tertiary/aromatic N) is 3. The fraction of sp³-hybridized carbons (Fsp3) is 0.393. The Labute approximate surface area is 205 Å². The second-order valence-electron chi connectivity index (χ2n) is 9.50. The zero-order chi connectivity index (χ0) is 24.2. The summed E-state index contributed by atoms with van der Waals surface area (Å²) in [5.74, 6) is 0.349. The Hall–Kier alpha value is -3.29. The molecule has 2 aliphatic rings. The summed E-state index contributed by atoms with van der Waals surface area (Å²) in [6.07, 6.45) is 2.66. The lowest BCUT2D eigenvalue weighted by atomic mass is 10.0. The second-order valence-corrected chi connectivity index (χ2v) is 9.50. The Morgan fingerprint density at radius 1 is 1.14 bits per heavy atom. The van der Waals surface area contributed by atoms with Gasteiger partial charge in [0.1, 0.15) is 12.4 Å². The Kier molecular flexibility index (Phi) is 7.06. The van der Waals surface area contributed by atoms with E-state index in [-0.39, 0.29) is 24.1 Å². The third-order valence-electron chi connectivity index (χ3n) is 6.81. The maximum Gasteiger partial charge on any atom is 0.257 e. The zero-order valence-electron chi connectivity index (χ0n) is 20.2. The van der Waals surface area contributed by atoms with E-state index in [0.717, 1.165) is 54.9 Å². The molecule has 1 saturated heterocycles. The number of aryl methyl sites for hydroxylation is 1. The molecule has 0 bridgehead atoms. The SMILES string of the molecule is Cc1ccc(-c2nc3c(c(=O)n2CC(=O)NC[C@@H]2CCCO2)CCN(Cc2ccccc2)C3)cc1. The highest BCUT2D eigenvalue weighted by Gasteiger charge is 2.25. The number of nitrogens with one attached hydrogen (secondary N) is 1. The summed E-state index contributed by atoms with van der Waals surface area (Å²) in [5.41, 5.74) is 4.62. The van der Waals surface area contributed by atoms with E-state index in [0.29, 0.717) is 25.3 Å². The predicted molar refractivity (Wildman–Crippen MR) is 135 cm³/mol. The number of hydrogen-bond acceptors (Lipinski definition) is 5. The summed E-state index contributed by atoms with van der Waals surface area (Å²) >= 11 is 0. The van der Waals surface area contributed by atoms with Crippen molar-refractivity contribution < 1.29 is 9.53 Å². The first-order chi connectivity index (χ1) is 17.1. The Morgan fingerprint density at radius 3 is 2.69 bits per heavy atom. The largest absolute Gasteiger partial charge is 0.376 e. The number of ether oxygens (including phenoxy) is 1. The molecule has 2 aromatic carbocycles. The van der Waals surface area contributed by atoms with Gasteiger partial charge in [-0.25, -0.2) is 4.98 Å². The van der Waals surface area contributed by atoms with E-state index in [9.17, 15) is 9.59 Å². The van der Waals surface area contributed by atoms with Gasteiger partial charge in [-0.1, -0.05) is 60.2 Å². The molecule has 1 atom stereocenters. The summed E-state index contributed by atoms with van der Waals surface area (Å²) < 4.78 is 7.15. The van der Waals surface area contributed by atoms with E-state index in [1.807, 2.05) is 49.4 Å². The molecule has 1 aromatic heterocycles. The number of carbonyl (C=O) groups excluding carboxylic acids is 1. The van der Waals surface area contributed by atoms with Crippen LogP contribution < -0.4 is 10.9 Å². The van der Waals surface area contributed by atoms with Gasteiger partial charge in [-0.2, -0.15) is 0 Å². The van der Waals surface area contributed by atoms with Crippen molar-refractivity contribution in [1.29, 1.82) is 0 Å². The maximum atomic E-state index is 13.6. The number of aromatic nitrogens is 2. The lowest BCUT2D eigenvalue weighted by molar-refractivity contribution is -0.122. The molecule has 5 rings (SSSR count). The fourth-order valence-electron chi connectivity index (χ4n) is 4.86. The highest BCUT2D eigenvalue weighted by atomic mass is 16.5. The van der Waals surface area contributed by atoms with Crippen LogP contribution in [0.3, 0.4) is 0 Å². The molecule has 1 amide bonds. The van der Waals surface area contributed by atoms with Gasteiger partial charge in [-0.15, -0.1) is 0 Å². The molecule has 7 nitrogen and oxygen atoms in total. The van der Waals surface area contributed by atoms with Crippen molar-refractivity contribution >= 4 is 5.91 Å². The molecule has 0 aliphatic carbocycles. The summed E-state index contributed by atoms with van der Waals surface area (Å²) in [7, 11) is 0. The van der Waals surface area contributed by atoms with Crippen LogP contribution in [0.25, 0.3) is 11.4 Å². The quantitative estimate of drug-likeness (QED) is 0.572. The summed E-state index contributed by atoms with van der Waals surface area (Å²) in [6.45, 7) is 5.41. The average Bonchev–Trinajstić information content (AvgIpc) is 3.39. The standard InChI is InChI=1S/C28H32N4O3/c1-20-9-11-22(12-10-20)27-30-25-18-31(17-21-6-3-2-4-7-21)14-13-24(25)28(34)32(27)19-26(33)29-16-23-8-5-15-35-23/h2-4,6-7,9-12,23H,5,8,13-19H2,1H3,(H,29,33)/t23-/m0/s1. The minimum absolute atomic E-state index is 0.0528. The van der Waals surface area contributed by atoms with Gasteiger partial charge in [0, 0.05) is 43.9 Å². The molecule has 1 fully saturated rings. The third kappa shape index (κ3) is 5.52. The minimum atomic E-state index is -0.195. The van der Waals surface area contributed by atoms with Gasteiger partial charge in [0.25, 0.3) is 5.56 Å². The van der Waals surface area contributed by atoms with Crippen LogP contribution in [0, 0.1) is 6.92 Å². The first-order valence-corrected chi connectivity index (χ1v) is 12.4. The van der Waals surface area contributed by atoms with Crippen molar-refractivity contribution in [2.24, 2.45) is 0 Å². The van der Waals surface area contributed by atoms with E-state index in [2.05, 4.69) is 22.3 Å². The second kappa shape index (κ2) is 10.5. The van der Waals surface area contributed by atoms with Gasteiger partial charge >= 0.3 is 0 Å². The molecule has 0 radical (unpaired) electrons. The van der Waals surface area contributed by atoms with E-state index in [1.165, 1.54) is 5.56 Å². The van der Waals surface area contributed by atoms with Crippen molar-refractivity contribution in [2.45, 2.75) is 51.9 Å². The molecule has 3 aromatic rings. The molecule has 0 unspecified atom stereocenters. The fourth-order valence-corrected chi connectivity index (χ4v) is 4.86. The highest BCUT2D eigenvalue weighted by Crippen LogP contribution is 2.22. The number of fused-ring (bicyclic) bond motifs is 1. The van der Waals surface area contributed by atoms with Crippen LogP contribution >= 0.6 is 0 Å². The molecular formula is C28H32N4O3. The van der Waals surface area contributed by atoms with Crippen LogP contribution in [-0.2, 0) is 35.6 Å². The third-order valence-corrected chi connectivity index (χ3v) is 6.81. The van der Waals surface area contributed by atoms with Crippen molar-refractivity contribution in [3.63, 3.8) is 0 Å². The van der Waals surface area contributed by atoms with Crippen molar-refractivity contribution in [2.75, 3.05) is 19.7 Å². The van der Waals surface area contributed by atoms with Gasteiger partial charge in [-0.05, 0) is 31.7 Å². The Morgan fingerprint density at radius 2 is 1.94 bits per heavy atom. The molecule has 1 N–H and O–H groups in total. The normalized spacial score (nSPS) is 17.8. The van der Waals surface area contributed by atoms with E-state index >= 15 is 0 Å². The number of hydrogen-bond donors (Lipinski definition) is 1. The molecule has 7 heteroatoms. The highest BCUT2D eigenvalue weighted by molar-refractivity contribution is 5.76. The van der Waals surface area contributed by atoms with Crippen molar-refractivity contribution in [1.82, 2.24) is 19.8 Å². The number of amides is 1.